The lowest BCUT2D eigenvalue weighted by molar-refractivity contribution is 0.0340. The van der Waals surface area contributed by atoms with E-state index in [1.54, 1.807) is 10.4 Å². The van der Waals surface area contributed by atoms with Crippen molar-refractivity contribution >= 4 is 15.7 Å². The first-order valence-corrected chi connectivity index (χ1v) is 13.2. The summed E-state index contributed by atoms with van der Waals surface area (Å²) < 4.78 is 41.5. The molecule has 7 heteroatoms. The number of anilines is 1. The molecule has 2 aliphatic heterocycles. The number of nitrogens with zero attached hydrogens (tertiary/aromatic N) is 2. The Bertz CT molecular complexity index is 975. The van der Waals surface area contributed by atoms with E-state index in [4.69, 9.17) is 9.47 Å². The summed E-state index contributed by atoms with van der Waals surface area (Å²) in [5, 5.41) is 0. The molecule has 174 valence electrons. The van der Waals surface area contributed by atoms with E-state index in [0.29, 0.717) is 36.9 Å². The van der Waals surface area contributed by atoms with Gasteiger partial charge < -0.3 is 14.4 Å². The molecule has 6 nitrogen and oxygen atoms in total. The quantitative estimate of drug-likeness (QED) is 0.585. The maximum Gasteiger partial charge on any atom is 0.248 e. The summed E-state index contributed by atoms with van der Waals surface area (Å²) in [7, 11) is -3.67. The fraction of sp³-hybridized carbons (Fsp3) is 0.520. The van der Waals surface area contributed by atoms with Crippen LogP contribution >= 0.6 is 0 Å². The van der Waals surface area contributed by atoms with Crippen LogP contribution in [-0.4, -0.2) is 51.6 Å². The Hall–Kier alpha value is -2.09. The van der Waals surface area contributed by atoms with E-state index in [0.717, 1.165) is 50.0 Å². The highest BCUT2D eigenvalue weighted by Crippen LogP contribution is 2.39. The lowest BCUT2D eigenvalue weighted by atomic mass is 10.1. The minimum atomic E-state index is -3.67. The fourth-order valence-electron chi connectivity index (χ4n) is 4.43. The van der Waals surface area contributed by atoms with Gasteiger partial charge in [0.2, 0.25) is 10.0 Å². The number of ether oxygens (including phenoxy) is 2. The minimum Gasteiger partial charge on any atom is -0.485 e. The van der Waals surface area contributed by atoms with Crippen molar-refractivity contribution in [1.82, 2.24) is 4.31 Å². The molecule has 1 atom stereocenters. The van der Waals surface area contributed by atoms with E-state index in [-0.39, 0.29) is 6.10 Å². The van der Waals surface area contributed by atoms with Crippen molar-refractivity contribution < 1.29 is 17.9 Å². The molecule has 0 bridgehead atoms. The van der Waals surface area contributed by atoms with Crippen LogP contribution in [0.5, 0.6) is 5.75 Å². The van der Waals surface area contributed by atoms with Gasteiger partial charge >= 0.3 is 0 Å². The van der Waals surface area contributed by atoms with Crippen molar-refractivity contribution in [3.8, 4) is 5.75 Å². The molecule has 2 heterocycles. The predicted molar refractivity (Wildman–Crippen MR) is 127 cm³/mol. The van der Waals surface area contributed by atoms with E-state index >= 15 is 0 Å². The summed E-state index contributed by atoms with van der Waals surface area (Å²) in [6.07, 6.45) is 4.75. The second kappa shape index (κ2) is 10.7. The summed E-state index contributed by atoms with van der Waals surface area (Å²) in [6, 6.07) is 15.6. The molecular weight excluding hydrogens is 424 g/mol. The SMILES string of the molecule is CCCCN1CC(COCc2ccccc2)Oc2cccc(N3CCCCC3)c2S1(=O)=O. The number of benzene rings is 2. The fourth-order valence-corrected chi connectivity index (χ4v) is 6.25. The Morgan fingerprint density at radius 1 is 1.03 bits per heavy atom. The standard InChI is InChI=1S/C25H34N2O4S/c1-2-3-17-27-18-22(20-30-19-21-11-6-4-7-12-21)31-24-14-10-13-23(25(24)32(27,28)29)26-15-8-5-9-16-26/h4,6-7,10-14,22H,2-3,5,8-9,15-20H2,1H3. The zero-order chi connectivity index (χ0) is 22.4. The number of hydrogen-bond donors (Lipinski definition) is 0. The number of piperidine rings is 1. The molecule has 0 spiro atoms. The number of rotatable bonds is 8. The van der Waals surface area contributed by atoms with Gasteiger partial charge in [0, 0.05) is 19.6 Å². The normalized spacial score (nSPS) is 20.9. The Balaban J connectivity index is 1.60. The van der Waals surface area contributed by atoms with Crippen LogP contribution in [0.4, 0.5) is 5.69 Å². The van der Waals surface area contributed by atoms with Crippen LogP contribution in [0.2, 0.25) is 0 Å². The first-order chi connectivity index (χ1) is 15.6. The second-order valence-corrected chi connectivity index (χ2v) is 10.5. The van der Waals surface area contributed by atoms with Crippen LogP contribution in [0.3, 0.4) is 0 Å². The van der Waals surface area contributed by atoms with Gasteiger partial charge in [-0.25, -0.2) is 8.42 Å². The van der Waals surface area contributed by atoms with Crippen LogP contribution < -0.4 is 9.64 Å². The Morgan fingerprint density at radius 2 is 1.81 bits per heavy atom. The third-order valence-electron chi connectivity index (χ3n) is 6.13. The van der Waals surface area contributed by atoms with Crippen LogP contribution in [-0.2, 0) is 21.4 Å². The molecule has 32 heavy (non-hydrogen) atoms. The van der Waals surface area contributed by atoms with Gasteiger partial charge in [-0.15, -0.1) is 0 Å². The van der Waals surface area contributed by atoms with Crippen LogP contribution in [0, 0.1) is 0 Å². The monoisotopic (exact) mass is 458 g/mol. The minimum absolute atomic E-state index is 0.297. The molecule has 1 saturated heterocycles. The Labute approximate surface area is 192 Å². The van der Waals surface area contributed by atoms with Crippen molar-refractivity contribution in [2.45, 2.75) is 56.6 Å². The zero-order valence-corrected chi connectivity index (χ0v) is 19.7. The van der Waals surface area contributed by atoms with Crippen LogP contribution in [0.25, 0.3) is 0 Å². The molecule has 1 unspecified atom stereocenters. The molecule has 4 rings (SSSR count). The predicted octanol–water partition coefficient (Wildman–Crippen LogP) is 4.45. The molecule has 0 aromatic heterocycles. The van der Waals surface area contributed by atoms with Gasteiger partial charge in [-0.3, -0.25) is 0 Å². The number of hydrogen-bond acceptors (Lipinski definition) is 5. The summed E-state index contributed by atoms with van der Waals surface area (Å²) in [6.45, 7) is 5.43. The first-order valence-electron chi connectivity index (χ1n) is 11.8. The third kappa shape index (κ3) is 5.27. The van der Waals surface area contributed by atoms with E-state index in [1.165, 1.54) is 6.42 Å². The molecule has 0 saturated carbocycles. The van der Waals surface area contributed by atoms with E-state index in [9.17, 15) is 8.42 Å². The van der Waals surface area contributed by atoms with Gasteiger partial charge in [-0.05, 0) is 43.4 Å². The smallest absolute Gasteiger partial charge is 0.248 e. The highest BCUT2D eigenvalue weighted by molar-refractivity contribution is 7.89. The van der Waals surface area contributed by atoms with Gasteiger partial charge in [0.05, 0.1) is 25.4 Å². The van der Waals surface area contributed by atoms with Crippen molar-refractivity contribution in [3.05, 3.63) is 54.1 Å². The largest absolute Gasteiger partial charge is 0.485 e. The van der Waals surface area contributed by atoms with E-state index < -0.39 is 10.0 Å². The molecular formula is C25H34N2O4S. The van der Waals surface area contributed by atoms with Gasteiger partial charge in [0.25, 0.3) is 0 Å². The van der Waals surface area contributed by atoms with Crippen molar-refractivity contribution in [3.63, 3.8) is 0 Å². The molecule has 1 fully saturated rings. The van der Waals surface area contributed by atoms with Gasteiger partial charge in [-0.2, -0.15) is 4.31 Å². The average molecular weight is 459 g/mol. The summed E-state index contributed by atoms with van der Waals surface area (Å²) >= 11 is 0. The topological polar surface area (TPSA) is 59.1 Å². The van der Waals surface area contributed by atoms with Gasteiger partial charge in [0.15, 0.2) is 0 Å². The second-order valence-electron chi connectivity index (χ2n) is 8.61. The van der Waals surface area contributed by atoms with Crippen LogP contribution in [0.1, 0.15) is 44.6 Å². The molecule has 0 radical (unpaired) electrons. The number of unbranched alkanes of at least 4 members (excludes halogenated alkanes) is 1. The maximum absolute atomic E-state index is 13.8. The lowest BCUT2D eigenvalue weighted by Gasteiger charge is -2.31. The van der Waals surface area contributed by atoms with E-state index in [1.807, 2.05) is 42.5 Å². The van der Waals surface area contributed by atoms with Crippen LogP contribution in [0.15, 0.2) is 53.4 Å². The Kier molecular flexibility index (Phi) is 7.71. The highest BCUT2D eigenvalue weighted by atomic mass is 32.2. The first kappa shape index (κ1) is 23.1. The molecule has 2 aromatic rings. The van der Waals surface area contributed by atoms with Gasteiger partial charge in [-0.1, -0.05) is 49.7 Å². The maximum atomic E-state index is 13.8. The molecule has 2 aliphatic rings. The third-order valence-corrected chi connectivity index (χ3v) is 8.07. The lowest BCUT2D eigenvalue weighted by Crippen LogP contribution is -2.40. The molecule has 0 N–H and O–H groups in total. The van der Waals surface area contributed by atoms with Crippen molar-refractivity contribution in [2.75, 3.05) is 37.7 Å². The summed E-state index contributed by atoms with van der Waals surface area (Å²) in [5.41, 5.74) is 1.86. The van der Waals surface area contributed by atoms with Gasteiger partial charge in [0.1, 0.15) is 16.7 Å². The number of fused-ring (bicyclic) bond motifs is 1. The molecule has 0 amide bonds. The molecule has 2 aromatic carbocycles. The highest BCUT2D eigenvalue weighted by Gasteiger charge is 2.37. The Morgan fingerprint density at radius 3 is 2.56 bits per heavy atom. The number of sulfonamides is 1. The summed E-state index contributed by atoms with van der Waals surface area (Å²) in [4.78, 5) is 2.52. The van der Waals surface area contributed by atoms with E-state index in [2.05, 4.69) is 11.8 Å². The average Bonchev–Trinajstić information content (AvgIpc) is 2.92. The zero-order valence-electron chi connectivity index (χ0n) is 18.9. The van der Waals surface area contributed by atoms with Crippen molar-refractivity contribution in [1.29, 1.82) is 0 Å². The molecule has 0 aliphatic carbocycles. The summed E-state index contributed by atoms with van der Waals surface area (Å²) in [5.74, 6) is 0.445. The van der Waals surface area contributed by atoms with Crippen molar-refractivity contribution in [2.24, 2.45) is 0 Å².